The van der Waals surface area contributed by atoms with Crippen molar-refractivity contribution in [2.75, 3.05) is 5.75 Å². The average Bonchev–Trinajstić information content (AvgIpc) is 2.53. The first-order chi connectivity index (χ1) is 10.2. The van der Waals surface area contributed by atoms with Crippen LogP contribution in [0.3, 0.4) is 0 Å². The van der Waals surface area contributed by atoms with Gasteiger partial charge in [0.1, 0.15) is 5.82 Å². The Hall–Kier alpha value is -1.85. The Balaban J connectivity index is 1.75. The third-order valence-corrected chi connectivity index (χ3v) is 3.89. The molecule has 110 valence electrons. The van der Waals surface area contributed by atoms with Crippen molar-refractivity contribution in [3.63, 3.8) is 0 Å². The molecule has 1 amide bonds. The highest BCUT2D eigenvalue weighted by Crippen LogP contribution is 2.18. The predicted molar refractivity (Wildman–Crippen MR) is 81.3 cm³/mol. The summed E-state index contributed by atoms with van der Waals surface area (Å²) >= 11 is 1.43. The van der Waals surface area contributed by atoms with Crippen LogP contribution in [0.4, 0.5) is 4.39 Å². The van der Waals surface area contributed by atoms with E-state index >= 15 is 0 Å². The maximum atomic E-state index is 12.7. The SMILES string of the molecule is O=C(CSc1ccc(CO)cc1)NCc1ccc(F)cc1. The predicted octanol–water partition coefficient (Wildman–Crippen LogP) is 2.73. The quantitative estimate of drug-likeness (QED) is 0.807. The average molecular weight is 305 g/mol. The van der Waals surface area contributed by atoms with Gasteiger partial charge in [0.15, 0.2) is 0 Å². The second kappa shape index (κ2) is 7.81. The fourth-order valence-electron chi connectivity index (χ4n) is 1.69. The van der Waals surface area contributed by atoms with E-state index in [0.717, 1.165) is 16.0 Å². The molecule has 2 rings (SSSR count). The highest BCUT2D eigenvalue weighted by atomic mass is 32.2. The number of carbonyl (C=O) groups excluding carboxylic acids is 1. The molecule has 0 aliphatic rings. The van der Waals surface area contributed by atoms with Gasteiger partial charge in [0, 0.05) is 11.4 Å². The smallest absolute Gasteiger partial charge is 0.230 e. The molecule has 0 aromatic heterocycles. The van der Waals surface area contributed by atoms with Crippen molar-refractivity contribution in [2.24, 2.45) is 0 Å². The Bertz CT molecular complexity index is 584. The molecular formula is C16H16FNO2S. The van der Waals surface area contributed by atoms with Crippen LogP contribution >= 0.6 is 11.8 Å². The number of nitrogens with one attached hydrogen (secondary N) is 1. The second-order valence-corrected chi connectivity index (χ2v) is 5.54. The van der Waals surface area contributed by atoms with Crippen molar-refractivity contribution in [1.29, 1.82) is 0 Å². The molecule has 0 fully saturated rings. The first-order valence-corrected chi connectivity index (χ1v) is 7.49. The number of thioether (sulfide) groups is 1. The van der Waals surface area contributed by atoms with Gasteiger partial charge in [0.05, 0.1) is 12.4 Å². The maximum Gasteiger partial charge on any atom is 0.230 e. The molecular weight excluding hydrogens is 289 g/mol. The van der Waals surface area contributed by atoms with Gasteiger partial charge in [-0.05, 0) is 35.4 Å². The van der Waals surface area contributed by atoms with Gasteiger partial charge in [0.2, 0.25) is 5.91 Å². The Morgan fingerprint density at radius 1 is 1.05 bits per heavy atom. The molecule has 0 bridgehead atoms. The third kappa shape index (κ3) is 5.21. The highest BCUT2D eigenvalue weighted by molar-refractivity contribution is 8.00. The van der Waals surface area contributed by atoms with Gasteiger partial charge in [-0.2, -0.15) is 0 Å². The van der Waals surface area contributed by atoms with E-state index in [1.54, 1.807) is 12.1 Å². The summed E-state index contributed by atoms with van der Waals surface area (Å²) in [5.41, 5.74) is 1.71. The van der Waals surface area contributed by atoms with Crippen LogP contribution in [0.2, 0.25) is 0 Å². The van der Waals surface area contributed by atoms with E-state index in [2.05, 4.69) is 5.32 Å². The van der Waals surface area contributed by atoms with Crippen molar-refractivity contribution >= 4 is 17.7 Å². The van der Waals surface area contributed by atoms with Crippen molar-refractivity contribution < 1.29 is 14.3 Å². The maximum absolute atomic E-state index is 12.7. The summed E-state index contributed by atoms with van der Waals surface area (Å²) in [6.45, 7) is 0.409. The monoisotopic (exact) mass is 305 g/mol. The summed E-state index contributed by atoms with van der Waals surface area (Å²) in [4.78, 5) is 12.7. The van der Waals surface area contributed by atoms with Gasteiger partial charge in [-0.25, -0.2) is 4.39 Å². The topological polar surface area (TPSA) is 49.3 Å². The lowest BCUT2D eigenvalue weighted by Crippen LogP contribution is -2.24. The summed E-state index contributed by atoms with van der Waals surface area (Å²) in [5.74, 6) is -0.0397. The first-order valence-electron chi connectivity index (χ1n) is 6.51. The van der Waals surface area contributed by atoms with Gasteiger partial charge >= 0.3 is 0 Å². The summed E-state index contributed by atoms with van der Waals surface area (Å²) in [6, 6.07) is 13.5. The zero-order chi connectivity index (χ0) is 15.1. The molecule has 5 heteroatoms. The van der Waals surface area contributed by atoms with Crippen molar-refractivity contribution in [2.45, 2.75) is 18.0 Å². The van der Waals surface area contributed by atoms with Crippen LogP contribution in [0, 0.1) is 5.82 Å². The van der Waals surface area contributed by atoms with Gasteiger partial charge in [0.25, 0.3) is 0 Å². The number of hydrogen-bond donors (Lipinski definition) is 2. The summed E-state index contributed by atoms with van der Waals surface area (Å²) in [5, 5.41) is 11.7. The number of rotatable bonds is 6. The molecule has 2 N–H and O–H groups in total. The van der Waals surface area contributed by atoms with Gasteiger partial charge < -0.3 is 10.4 Å². The molecule has 3 nitrogen and oxygen atoms in total. The van der Waals surface area contributed by atoms with Gasteiger partial charge in [-0.1, -0.05) is 24.3 Å². The standard InChI is InChI=1S/C16H16FNO2S/c17-14-5-1-12(2-6-14)9-18-16(20)11-21-15-7-3-13(10-19)4-8-15/h1-8,19H,9-11H2,(H,18,20). The summed E-state index contributed by atoms with van der Waals surface area (Å²) < 4.78 is 12.7. The van der Waals surface area contributed by atoms with E-state index in [4.69, 9.17) is 5.11 Å². The number of carbonyl (C=O) groups is 1. The minimum Gasteiger partial charge on any atom is -0.392 e. The number of hydrogen-bond acceptors (Lipinski definition) is 3. The van der Waals surface area contributed by atoms with E-state index in [1.807, 2.05) is 24.3 Å². The number of halogens is 1. The minimum atomic E-state index is -0.285. The van der Waals surface area contributed by atoms with Crippen molar-refractivity contribution in [3.05, 3.63) is 65.5 Å². The lowest BCUT2D eigenvalue weighted by molar-refractivity contribution is -0.118. The van der Waals surface area contributed by atoms with E-state index < -0.39 is 0 Å². The Kier molecular flexibility index (Phi) is 5.78. The number of aliphatic hydroxyl groups excluding tert-OH is 1. The van der Waals surface area contributed by atoms with Crippen LogP contribution in [0.15, 0.2) is 53.4 Å². The van der Waals surface area contributed by atoms with Gasteiger partial charge in [-0.3, -0.25) is 4.79 Å². The van der Waals surface area contributed by atoms with Crippen LogP contribution in [0.25, 0.3) is 0 Å². The molecule has 0 aliphatic heterocycles. The largest absolute Gasteiger partial charge is 0.392 e. The zero-order valence-electron chi connectivity index (χ0n) is 11.4. The fraction of sp³-hybridized carbons (Fsp3) is 0.188. The number of amides is 1. The van der Waals surface area contributed by atoms with E-state index in [-0.39, 0.29) is 18.3 Å². The van der Waals surface area contributed by atoms with Crippen molar-refractivity contribution in [3.8, 4) is 0 Å². The lowest BCUT2D eigenvalue weighted by Gasteiger charge is -2.06. The normalized spacial score (nSPS) is 10.4. The number of aliphatic hydroxyl groups is 1. The molecule has 0 spiro atoms. The van der Waals surface area contributed by atoms with Crippen LogP contribution in [0.5, 0.6) is 0 Å². The Morgan fingerprint density at radius 2 is 1.67 bits per heavy atom. The molecule has 21 heavy (non-hydrogen) atoms. The molecule has 0 saturated carbocycles. The van der Waals surface area contributed by atoms with Crippen molar-refractivity contribution in [1.82, 2.24) is 5.32 Å². The van der Waals surface area contributed by atoms with E-state index in [0.29, 0.717) is 12.3 Å². The fourth-order valence-corrected chi connectivity index (χ4v) is 2.42. The third-order valence-electron chi connectivity index (χ3n) is 2.88. The number of benzene rings is 2. The Morgan fingerprint density at radius 3 is 2.29 bits per heavy atom. The molecule has 0 saturated heterocycles. The van der Waals surface area contributed by atoms with Crippen LogP contribution in [-0.4, -0.2) is 16.8 Å². The zero-order valence-corrected chi connectivity index (χ0v) is 12.2. The molecule has 0 aliphatic carbocycles. The molecule has 0 atom stereocenters. The van der Waals surface area contributed by atoms with Crippen LogP contribution < -0.4 is 5.32 Å². The molecule has 2 aromatic carbocycles. The molecule has 0 radical (unpaired) electrons. The molecule has 2 aromatic rings. The summed E-state index contributed by atoms with van der Waals surface area (Å²) in [7, 11) is 0. The van der Waals surface area contributed by atoms with E-state index in [9.17, 15) is 9.18 Å². The highest BCUT2D eigenvalue weighted by Gasteiger charge is 2.03. The summed E-state index contributed by atoms with van der Waals surface area (Å²) in [6.07, 6.45) is 0. The molecule has 0 heterocycles. The minimum absolute atomic E-state index is 0.0170. The van der Waals surface area contributed by atoms with E-state index in [1.165, 1.54) is 23.9 Å². The second-order valence-electron chi connectivity index (χ2n) is 4.49. The molecule has 0 unspecified atom stereocenters. The Labute approximate surface area is 127 Å². The van der Waals surface area contributed by atoms with Crippen LogP contribution in [-0.2, 0) is 17.9 Å². The van der Waals surface area contributed by atoms with Crippen LogP contribution in [0.1, 0.15) is 11.1 Å². The first kappa shape index (κ1) is 15.5. The van der Waals surface area contributed by atoms with Gasteiger partial charge in [-0.15, -0.1) is 11.8 Å². The lowest BCUT2D eigenvalue weighted by atomic mass is 10.2.